The Morgan fingerprint density at radius 3 is 2.46 bits per heavy atom. The van der Waals surface area contributed by atoms with E-state index in [1.807, 2.05) is 6.92 Å². The van der Waals surface area contributed by atoms with Crippen LogP contribution in [0.25, 0.3) is 11.1 Å². The SMILES string of the molecule is CCOC(=O)c1c(-c2ccccc2C(C)=O)c(C#N)c(CC)n1C. The summed E-state index contributed by atoms with van der Waals surface area (Å²) in [4.78, 5) is 24.5. The first-order chi connectivity index (χ1) is 11.5. The van der Waals surface area contributed by atoms with Gasteiger partial charge in [0.25, 0.3) is 0 Å². The molecule has 24 heavy (non-hydrogen) atoms. The first kappa shape index (κ1) is 17.5. The highest BCUT2D eigenvalue weighted by Gasteiger charge is 2.28. The van der Waals surface area contributed by atoms with E-state index < -0.39 is 5.97 Å². The van der Waals surface area contributed by atoms with Gasteiger partial charge in [-0.05, 0) is 25.8 Å². The molecule has 0 spiro atoms. The van der Waals surface area contributed by atoms with Gasteiger partial charge in [-0.2, -0.15) is 5.26 Å². The van der Waals surface area contributed by atoms with Gasteiger partial charge >= 0.3 is 5.97 Å². The summed E-state index contributed by atoms with van der Waals surface area (Å²) < 4.78 is 6.87. The number of hydrogen-bond donors (Lipinski definition) is 0. The van der Waals surface area contributed by atoms with Crippen molar-refractivity contribution in [3.63, 3.8) is 0 Å². The minimum absolute atomic E-state index is 0.119. The zero-order chi connectivity index (χ0) is 17.9. The van der Waals surface area contributed by atoms with Gasteiger partial charge < -0.3 is 9.30 Å². The lowest BCUT2D eigenvalue weighted by molar-refractivity contribution is 0.0515. The van der Waals surface area contributed by atoms with Crippen LogP contribution in [-0.4, -0.2) is 22.9 Å². The summed E-state index contributed by atoms with van der Waals surface area (Å²) in [6.45, 7) is 5.36. The molecule has 0 unspecified atom stereocenters. The molecule has 0 fully saturated rings. The van der Waals surface area contributed by atoms with Crippen LogP contribution in [0.5, 0.6) is 0 Å². The molecule has 0 amide bonds. The lowest BCUT2D eigenvalue weighted by Gasteiger charge is -2.10. The molecule has 124 valence electrons. The molecular formula is C19H20N2O3. The highest BCUT2D eigenvalue weighted by molar-refractivity contribution is 6.06. The molecule has 0 aliphatic heterocycles. The van der Waals surface area contributed by atoms with Crippen molar-refractivity contribution in [2.24, 2.45) is 7.05 Å². The summed E-state index contributed by atoms with van der Waals surface area (Å²) in [5.74, 6) is -0.615. The van der Waals surface area contributed by atoms with Gasteiger partial charge in [0.05, 0.1) is 12.2 Å². The van der Waals surface area contributed by atoms with Gasteiger partial charge in [-0.1, -0.05) is 31.2 Å². The van der Waals surface area contributed by atoms with Crippen molar-refractivity contribution in [1.82, 2.24) is 4.57 Å². The maximum absolute atomic E-state index is 12.5. The lowest BCUT2D eigenvalue weighted by Crippen LogP contribution is -2.12. The Bertz CT molecular complexity index is 841. The molecule has 5 heteroatoms. The number of esters is 1. The van der Waals surface area contributed by atoms with Gasteiger partial charge in [0.15, 0.2) is 5.78 Å². The van der Waals surface area contributed by atoms with Gasteiger partial charge in [0.2, 0.25) is 0 Å². The molecule has 1 aromatic carbocycles. The van der Waals surface area contributed by atoms with Crippen LogP contribution in [0.4, 0.5) is 0 Å². The number of carbonyl (C=O) groups is 2. The Balaban J connectivity index is 2.90. The van der Waals surface area contributed by atoms with Crippen LogP contribution in [0.2, 0.25) is 0 Å². The van der Waals surface area contributed by atoms with Crippen LogP contribution in [0.15, 0.2) is 24.3 Å². The molecule has 0 aliphatic rings. The summed E-state index contributed by atoms with van der Waals surface area (Å²) in [5.41, 5.74) is 3.00. The predicted molar refractivity (Wildman–Crippen MR) is 90.9 cm³/mol. The van der Waals surface area contributed by atoms with Crippen molar-refractivity contribution in [1.29, 1.82) is 5.26 Å². The Morgan fingerprint density at radius 2 is 1.92 bits per heavy atom. The van der Waals surface area contributed by atoms with Crippen LogP contribution >= 0.6 is 0 Å². The highest BCUT2D eigenvalue weighted by atomic mass is 16.5. The number of hydrogen-bond acceptors (Lipinski definition) is 4. The highest BCUT2D eigenvalue weighted by Crippen LogP contribution is 2.35. The van der Waals surface area contributed by atoms with Gasteiger partial charge in [-0.15, -0.1) is 0 Å². The summed E-state index contributed by atoms with van der Waals surface area (Å²) in [5, 5.41) is 9.67. The normalized spacial score (nSPS) is 10.3. The largest absolute Gasteiger partial charge is 0.461 e. The van der Waals surface area contributed by atoms with E-state index in [-0.39, 0.29) is 12.4 Å². The van der Waals surface area contributed by atoms with Crippen LogP contribution in [0, 0.1) is 11.3 Å². The van der Waals surface area contributed by atoms with Crippen molar-refractivity contribution in [2.45, 2.75) is 27.2 Å². The van der Waals surface area contributed by atoms with E-state index in [1.54, 1.807) is 42.8 Å². The molecular weight excluding hydrogens is 304 g/mol. The second kappa shape index (κ2) is 7.14. The van der Waals surface area contributed by atoms with Crippen molar-refractivity contribution in [3.05, 3.63) is 46.8 Å². The molecule has 0 atom stereocenters. The van der Waals surface area contributed by atoms with Crippen molar-refractivity contribution in [3.8, 4) is 17.2 Å². The van der Waals surface area contributed by atoms with E-state index in [1.165, 1.54) is 6.92 Å². The molecule has 5 nitrogen and oxygen atoms in total. The summed E-state index contributed by atoms with van der Waals surface area (Å²) >= 11 is 0. The summed E-state index contributed by atoms with van der Waals surface area (Å²) in [7, 11) is 1.74. The number of ether oxygens (including phenoxy) is 1. The molecule has 1 heterocycles. The maximum atomic E-state index is 12.5. The molecule has 1 aromatic heterocycles. The maximum Gasteiger partial charge on any atom is 0.355 e. The van der Waals surface area contributed by atoms with E-state index in [2.05, 4.69) is 6.07 Å². The molecule has 0 saturated carbocycles. The number of ketones is 1. The van der Waals surface area contributed by atoms with E-state index in [9.17, 15) is 14.9 Å². The van der Waals surface area contributed by atoms with E-state index in [0.717, 1.165) is 5.69 Å². The average molecular weight is 324 g/mol. The Morgan fingerprint density at radius 1 is 1.25 bits per heavy atom. The molecule has 0 saturated heterocycles. The lowest BCUT2D eigenvalue weighted by atomic mass is 9.94. The first-order valence-corrected chi connectivity index (χ1v) is 7.86. The fraction of sp³-hybridized carbons (Fsp3) is 0.316. The third-order valence-electron chi connectivity index (χ3n) is 4.01. The molecule has 0 bridgehead atoms. The van der Waals surface area contributed by atoms with E-state index >= 15 is 0 Å². The van der Waals surface area contributed by atoms with Crippen LogP contribution in [-0.2, 0) is 18.2 Å². The third kappa shape index (κ3) is 2.83. The quantitative estimate of drug-likeness (QED) is 0.623. The number of aromatic nitrogens is 1. The van der Waals surface area contributed by atoms with E-state index in [0.29, 0.717) is 34.4 Å². The third-order valence-corrected chi connectivity index (χ3v) is 4.01. The zero-order valence-electron chi connectivity index (χ0n) is 14.3. The van der Waals surface area contributed by atoms with Gasteiger partial charge in [-0.3, -0.25) is 4.79 Å². The predicted octanol–water partition coefficient (Wildman–Crippen LogP) is 3.51. The number of rotatable bonds is 5. The topological polar surface area (TPSA) is 72.1 Å². The fourth-order valence-electron chi connectivity index (χ4n) is 2.98. The smallest absolute Gasteiger partial charge is 0.355 e. The van der Waals surface area contributed by atoms with Crippen LogP contribution < -0.4 is 0 Å². The van der Waals surface area contributed by atoms with Crippen LogP contribution in [0.1, 0.15) is 52.9 Å². The fourth-order valence-corrected chi connectivity index (χ4v) is 2.98. The Hall–Kier alpha value is -2.87. The van der Waals surface area contributed by atoms with Crippen molar-refractivity contribution < 1.29 is 14.3 Å². The Kier molecular flexibility index (Phi) is 5.20. The average Bonchev–Trinajstić information content (AvgIpc) is 2.86. The number of carbonyl (C=O) groups excluding carboxylic acids is 2. The minimum Gasteiger partial charge on any atom is -0.461 e. The number of nitriles is 1. The second-order valence-electron chi connectivity index (χ2n) is 5.39. The number of benzene rings is 1. The Labute approximate surface area is 141 Å². The van der Waals surface area contributed by atoms with E-state index in [4.69, 9.17) is 4.74 Å². The van der Waals surface area contributed by atoms with Crippen molar-refractivity contribution in [2.75, 3.05) is 6.61 Å². The minimum atomic E-state index is -0.496. The molecule has 0 N–H and O–H groups in total. The van der Waals surface area contributed by atoms with Gasteiger partial charge in [-0.25, -0.2) is 4.79 Å². The van der Waals surface area contributed by atoms with Crippen molar-refractivity contribution >= 4 is 11.8 Å². The van der Waals surface area contributed by atoms with Crippen LogP contribution in [0.3, 0.4) is 0 Å². The molecule has 2 rings (SSSR count). The summed E-state index contributed by atoms with van der Waals surface area (Å²) in [6, 6.07) is 9.21. The molecule has 0 radical (unpaired) electrons. The monoisotopic (exact) mass is 324 g/mol. The van der Waals surface area contributed by atoms with Gasteiger partial charge in [0, 0.05) is 23.9 Å². The molecule has 2 aromatic rings. The number of nitrogens with zero attached hydrogens (tertiary/aromatic N) is 2. The standard InChI is InChI=1S/C19H20N2O3/c1-5-16-15(11-20)17(18(21(16)4)19(23)24-6-2)14-10-8-7-9-13(14)12(3)22/h7-10H,5-6H2,1-4H3. The molecule has 0 aliphatic carbocycles. The summed E-state index contributed by atoms with van der Waals surface area (Å²) in [6.07, 6.45) is 0.591. The number of Topliss-reactive ketones (excluding diaryl/α,β-unsaturated/α-hetero) is 1. The van der Waals surface area contributed by atoms with Gasteiger partial charge in [0.1, 0.15) is 11.8 Å². The zero-order valence-corrected chi connectivity index (χ0v) is 14.3. The second-order valence-corrected chi connectivity index (χ2v) is 5.39. The first-order valence-electron chi connectivity index (χ1n) is 7.86.